The smallest absolute Gasteiger partial charge is 0.244 e. The molecule has 0 aliphatic carbocycles. The molecule has 7 heteroatoms. The van der Waals surface area contributed by atoms with E-state index in [1.807, 2.05) is 24.3 Å². The molecule has 0 saturated heterocycles. The van der Waals surface area contributed by atoms with E-state index in [2.05, 4.69) is 10.3 Å². The maximum atomic E-state index is 13.4. The average molecular weight is 330 g/mol. The maximum absolute atomic E-state index is 13.4. The first-order chi connectivity index (χ1) is 11.5. The zero-order valence-corrected chi connectivity index (χ0v) is 13.3. The van der Waals surface area contributed by atoms with E-state index in [-0.39, 0.29) is 12.5 Å². The van der Waals surface area contributed by atoms with Gasteiger partial charge in [-0.05, 0) is 36.8 Å². The van der Waals surface area contributed by atoms with Crippen molar-refractivity contribution in [2.75, 3.05) is 7.05 Å². The van der Waals surface area contributed by atoms with Crippen molar-refractivity contribution in [2.24, 2.45) is 0 Å². The van der Waals surface area contributed by atoms with Gasteiger partial charge in [0.25, 0.3) is 0 Å². The van der Waals surface area contributed by atoms with E-state index in [0.717, 1.165) is 17.6 Å². The van der Waals surface area contributed by atoms with Crippen LogP contribution < -0.4 is 0 Å². The zero-order valence-electron chi connectivity index (χ0n) is 13.3. The first-order valence-electron chi connectivity index (χ1n) is 7.46. The van der Waals surface area contributed by atoms with Crippen LogP contribution in [0.2, 0.25) is 0 Å². The third-order valence-corrected chi connectivity index (χ3v) is 4.11. The Morgan fingerprint density at radius 2 is 1.96 bits per heavy atom. The fourth-order valence-electron chi connectivity index (χ4n) is 2.49. The Bertz CT molecular complexity index is 893. The van der Waals surface area contributed by atoms with Gasteiger partial charge in [-0.15, -0.1) is 5.10 Å². The molecule has 1 amide bonds. The van der Waals surface area contributed by atoms with Gasteiger partial charge in [-0.25, -0.2) is 13.5 Å². The highest BCUT2D eigenvalue weighted by atomic mass is 19.2. The lowest BCUT2D eigenvalue weighted by atomic mass is 10.1. The number of hydrogen-bond acceptors (Lipinski definition) is 3. The topological polar surface area (TPSA) is 51.0 Å². The number of para-hydroxylation sites is 1. The minimum absolute atomic E-state index is 0.0189. The second kappa shape index (κ2) is 6.35. The van der Waals surface area contributed by atoms with Gasteiger partial charge in [-0.1, -0.05) is 23.4 Å². The zero-order chi connectivity index (χ0) is 17.3. The van der Waals surface area contributed by atoms with Crippen LogP contribution >= 0.6 is 0 Å². The highest BCUT2D eigenvalue weighted by molar-refractivity contribution is 5.80. The largest absolute Gasteiger partial charge is 0.337 e. The van der Waals surface area contributed by atoms with Gasteiger partial charge in [0, 0.05) is 7.05 Å². The van der Waals surface area contributed by atoms with E-state index in [9.17, 15) is 13.6 Å². The molecule has 0 aliphatic heterocycles. The van der Waals surface area contributed by atoms with Crippen LogP contribution in [-0.2, 0) is 11.3 Å². The van der Waals surface area contributed by atoms with Crippen LogP contribution in [0.5, 0.6) is 0 Å². The van der Waals surface area contributed by atoms with Crippen molar-refractivity contribution in [1.82, 2.24) is 19.9 Å². The van der Waals surface area contributed by atoms with Crippen molar-refractivity contribution >= 4 is 16.9 Å². The van der Waals surface area contributed by atoms with Crippen LogP contribution in [-0.4, -0.2) is 32.8 Å². The van der Waals surface area contributed by atoms with Gasteiger partial charge in [-0.2, -0.15) is 0 Å². The van der Waals surface area contributed by atoms with Crippen LogP contribution in [0.1, 0.15) is 18.5 Å². The highest BCUT2D eigenvalue weighted by Gasteiger charge is 2.20. The third kappa shape index (κ3) is 2.97. The number of aromatic nitrogens is 3. The number of halogens is 2. The number of likely N-dealkylation sites (N-methyl/N-ethyl adjacent to an activating group) is 1. The number of nitrogens with zero attached hydrogens (tertiary/aromatic N) is 4. The molecule has 1 aromatic heterocycles. The molecular formula is C17H16F2N4O. The van der Waals surface area contributed by atoms with Crippen molar-refractivity contribution in [3.8, 4) is 0 Å². The lowest BCUT2D eigenvalue weighted by Crippen LogP contribution is -2.33. The van der Waals surface area contributed by atoms with Crippen molar-refractivity contribution in [3.63, 3.8) is 0 Å². The van der Waals surface area contributed by atoms with Crippen LogP contribution in [0.3, 0.4) is 0 Å². The Morgan fingerprint density at radius 1 is 1.21 bits per heavy atom. The first kappa shape index (κ1) is 16.0. The normalized spacial score (nSPS) is 12.3. The molecule has 0 spiro atoms. The van der Waals surface area contributed by atoms with E-state index in [0.29, 0.717) is 11.1 Å². The van der Waals surface area contributed by atoms with Crippen molar-refractivity contribution in [2.45, 2.75) is 19.5 Å². The molecule has 5 nitrogen and oxygen atoms in total. The molecule has 0 fully saturated rings. The molecular weight excluding hydrogens is 314 g/mol. The molecule has 0 radical (unpaired) electrons. The molecule has 0 aliphatic rings. The summed E-state index contributed by atoms with van der Waals surface area (Å²) in [4.78, 5) is 14.0. The van der Waals surface area contributed by atoms with E-state index in [4.69, 9.17) is 0 Å². The third-order valence-electron chi connectivity index (χ3n) is 4.11. The minimum Gasteiger partial charge on any atom is -0.337 e. The predicted octanol–water partition coefficient (Wildman–Crippen LogP) is 2.93. The molecule has 1 unspecified atom stereocenters. The number of hydrogen-bond donors (Lipinski definition) is 0. The second-order valence-electron chi connectivity index (χ2n) is 5.59. The maximum Gasteiger partial charge on any atom is 0.244 e. The number of carbonyl (C=O) groups excluding carboxylic acids is 1. The Labute approximate surface area is 137 Å². The molecule has 24 heavy (non-hydrogen) atoms. The summed E-state index contributed by atoms with van der Waals surface area (Å²) in [6, 6.07) is 10.6. The molecule has 124 valence electrons. The number of carbonyl (C=O) groups is 1. The Hall–Kier alpha value is -2.83. The number of benzene rings is 2. The first-order valence-corrected chi connectivity index (χ1v) is 7.46. The Kier molecular flexibility index (Phi) is 4.24. The van der Waals surface area contributed by atoms with Gasteiger partial charge >= 0.3 is 0 Å². The van der Waals surface area contributed by atoms with Crippen LogP contribution in [0.4, 0.5) is 8.78 Å². The fraction of sp³-hybridized carbons (Fsp3) is 0.235. The Morgan fingerprint density at radius 3 is 2.71 bits per heavy atom. The van der Waals surface area contributed by atoms with Gasteiger partial charge in [0.15, 0.2) is 11.6 Å². The minimum atomic E-state index is -0.928. The summed E-state index contributed by atoms with van der Waals surface area (Å²) in [5.41, 5.74) is 1.99. The summed E-state index contributed by atoms with van der Waals surface area (Å²) >= 11 is 0. The summed E-state index contributed by atoms with van der Waals surface area (Å²) in [7, 11) is 1.62. The van der Waals surface area contributed by atoms with Crippen molar-refractivity contribution in [1.29, 1.82) is 0 Å². The van der Waals surface area contributed by atoms with Crippen LogP contribution in [0.15, 0.2) is 42.5 Å². The lowest BCUT2D eigenvalue weighted by Gasteiger charge is -2.25. The quantitative estimate of drug-likeness (QED) is 0.739. The van der Waals surface area contributed by atoms with Crippen LogP contribution in [0.25, 0.3) is 11.0 Å². The fourth-order valence-corrected chi connectivity index (χ4v) is 2.49. The summed E-state index contributed by atoms with van der Waals surface area (Å²) in [6.45, 7) is 1.77. The lowest BCUT2D eigenvalue weighted by molar-refractivity contribution is -0.132. The van der Waals surface area contributed by atoms with Crippen molar-refractivity contribution < 1.29 is 13.6 Å². The second-order valence-corrected chi connectivity index (χ2v) is 5.59. The molecule has 2 aromatic carbocycles. The van der Waals surface area contributed by atoms with E-state index < -0.39 is 17.7 Å². The molecule has 0 bridgehead atoms. The van der Waals surface area contributed by atoms with Gasteiger partial charge in [-0.3, -0.25) is 4.79 Å². The highest BCUT2D eigenvalue weighted by Crippen LogP contribution is 2.21. The number of amides is 1. The standard InChI is InChI=1S/C17H16F2N4O/c1-11(12-7-8-13(18)14(19)9-12)22(2)17(24)10-23-16-6-4-3-5-15(16)20-21-23/h3-9,11H,10H2,1-2H3. The van der Waals surface area contributed by atoms with E-state index in [1.165, 1.54) is 15.6 Å². The van der Waals surface area contributed by atoms with Crippen molar-refractivity contribution in [3.05, 3.63) is 59.7 Å². The number of fused-ring (bicyclic) bond motifs is 1. The van der Waals surface area contributed by atoms with Gasteiger partial charge in [0.1, 0.15) is 12.1 Å². The summed E-state index contributed by atoms with van der Waals surface area (Å²) in [5, 5.41) is 7.99. The summed E-state index contributed by atoms with van der Waals surface area (Å²) < 4.78 is 28.0. The van der Waals surface area contributed by atoms with Gasteiger partial charge < -0.3 is 4.90 Å². The van der Waals surface area contributed by atoms with Gasteiger partial charge in [0.05, 0.1) is 11.6 Å². The number of rotatable bonds is 4. The summed E-state index contributed by atoms with van der Waals surface area (Å²) in [6.07, 6.45) is 0. The molecule has 0 saturated carbocycles. The van der Waals surface area contributed by atoms with Crippen LogP contribution in [0, 0.1) is 11.6 Å². The predicted molar refractivity (Wildman–Crippen MR) is 85.1 cm³/mol. The average Bonchev–Trinajstić information content (AvgIpc) is 2.99. The SMILES string of the molecule is CC(c1ccc(F)c(F)c1)N(C)C(=O)Cn1nnc2ccccc21. The van der Waals surface area contributed by atoms with E-state index in [1.54, 1.807) is 14.0 Å². The molecule has 1 atom stereocenters. The Balaban J connectivity index is 1.77. The van der Waals surface area contributed by atoms with E-state index >= 15 is 0 Å². The molecule has 3 rings (SSSR count). The monoisotopic (exact) mass is 330 g/mol. The molecule has 1 heterocycles. The van der Waals surface area contributed by atoms with Gasteiger partial charge in [0.2, 0.25) is 5.91 Å². The molecule has 0 N–H and O–H groups in total. The summed E-state index contributed by atoms with van der Waals surface area (Å²) in [5.74, 6) is -2.04. The molecule has 3 aromatic rings.